The van der Waals surface area contributed by atoms with E-state index in [4.69, 9.17) is 10.5 Å². The van der Waals surface area contributed by atoms with Gasteiger partial charge >= 0.3 is 5.69 Å². The highest BCUT2D eigenvalue weighted by Crippen LogP contribution is 2.32. The minimum absolute atomic E-state index is 0.00295. The first-order chi connectivity index (χ1) is 13.5. The van der Waals surface area contributed by atoms with Gasteiger partial charge in [-0.05, 0) is 55.8 Å². The summed E-state index contributed by atoms with van der Waals surface area (Å²) in [5.74, 6) is 0.620. The molecule has 1 aromatic heterocycles. The second kappa shape index (κ2) is 8.21. The smallest absolute Gasteiger partial charge is 0.353 e. The van der Waals surface area contributed by atoms with Crippen LogP contribution in [0.1, 0.15) is 12.5 Å². The number of anilines is 5. The molecule has 1 heterocycles. The van der Waals surface area contributed by atoms with E-state index in [2.05, 4.69) is 20.6 Å². The summed E-state index contributed by atoms with van der Waals surface area (Å²) < 4.78 is 5.40. The van der Waals surface area contributed by atoms with Crippen LogP contribution >= 0.6 is 0 Å². The maximum atomic E-state index is 11.5. The molecule has 0 aliphatic heterocycles. The Morgan fingerprint density at radius 3 is 2.50 bits per heavy atom. The number of nitrogens with zero attached hydrogens (tertiary/aromatic N) is 3. The zero-order valence-electron chi connectivity index (χ0n) is 15.5. The predicted molar refractivity (Wildman–Crippen MR) is 108 cm³/mol. The summed E-state index contributed by atoms with van der Waals surface area (Å²) in [6.07, 6.45) is 0. The van der Waals surface area contributed by atoms with Gasteiger partial charge < -0.3 is 21.1 Å². The first-order valence-corrected chi connectivity index (χ1v) is 8.61. The lowest BCUT2D eigenvalue weighted by atomic mass is 10.2. The summed E-state index contributed by atoms with van der Waals surface area (Å²) in [5, 5.41) is 17.4. The second-order valence-electron chi connectivity index (χ2n) is 5.96. The van der Waals surface area contributed by atoms with Gasteiger partial charge in [0.05, 0.1) is 11.5 Å². The Bertz CT molecular complexity index is 991. The molecule has 0 amide bonds. The fraction of sp³-hybridized carbons (Fsp3) is 0.158. The maximum absolute atomic E-state index is 11.5. The molecule has 144 valence electrons. The van der Waals surface area contributed by atoms with Gasteiger partial charge in [0.2, 0.25) is 17.6 Å². The molecule has 3 aromatic rings. The number of nitrogens with one attached hydrogen (secondary N) is 2. The maximum Gasteiger partial charge on any atom is 0.353 e. The van der Waals surface area contributed by atoms with E-state index >= 15 is 0 Å². The normalized spacial score (nSPS) is 10.4. The lowest BCUT2D eigenvalue weighted by Crippen LogP contribution is -2.08. The van der Waals surface area contributed by atoms with Crippen LogP contribution < -0.4 is 21.1 Å². The molecular formula is C19H20N6O3. The molecule has 9 heteroatoms. The van der Waals surface area contributed by atoms with E-state index in [0.717, 1.165) is 11.3 Å². The first-order valence-electron chi connectivity index (χ1n) is 8.61. The average Bonchev–Trinajstić information content (AvgIpc) is 2.63. The third-order valence-corrected chi connectivity index (χ3v) is 3.80. The summed E-state index contributed by atoms with van der Waals surface area (Å²) >= 11 is 0. The van der Waals surface area contributed by atoms with Crippen LogP contribution in [0, 0.1) is 17.0 Å². The third kappa shape index (κ3) is 4.44. The number of nitrogens with two attached hydrogens (primary N) is 1. The fourth-order valence-corrected chi connectivity index (χ4v) is 2.59. The standard InChI is InChI=1S/C19H20N6O3/c1-3-28-15-9-7-13(8-10-15)21-18-16(25(26)27)17(20)23-19(24-18)22-14-6-4-5-12(2)11-14/h4-11H,3H2,1-2H3,(H4,20,21,22,23,24). The molecule has 0 atom stereocenters. The molecular weight excluding hydrogens is 360 g/mol. The largest absolute Gasteiger partial charge is 0.494 e. The zero-order chi connectivity index (χ0) is 20.1. The van der Waals surface area contributed by atoms with E-state index in [9.17, 15) is 10.1 Å². The molecule has 0 unspecified atom stereocenters. The van der Waals surface area contributed by atoms with Crippen molar-refractivity contribution in [2.75, 3.05) is 23.0 Å². The molecule has 0 saturated heterocycles. The first kappa shape index (κ1) is 18.9. The Morgan fingerprint density at radius 1 is 1.11 bits per heavy atom. The Balaban J connectivity index is 1.93. The van der Waals surface area contributed by atoms with Crippen molar-refractivity contribution in [2.24, 2.45) is 0 Å². The average molecular weight is 380 g/mol. The summed E-state index contributed by atoms with van der Waals surface area (Å²) in [7, 11) is 0. The molecule has 0 saturated carbocycles. The van der Waals surface area contributed by atoms with Gasteiger partial charge in [-0.3, -0.25) is 10.1 Å². The molecule has 0 radical (unpaired) electrons. The number of hydrogen-bond acceptors (Lipinski definition) is 8. The number of aryl methyl sites for hydroxylation is 1. The van der Waals surface area contributed by atoms with Gasteiger partial charge in [0.1, 0.15) is 5.75 Å². The molecule has 3 rings (SSSR count). The van der Waals surface area contributed by atoms with Crippen LogP contribution in [0.25, 0.3) is 0 Å². The number of hydrogen-bond donors (Lipinski definition) is 3. The Morgan fingerprint density at radius 2 is 1.86 bits per heavy atom. The van der Waals surface area contributed by atoms with Crippen molar-refractivity contribution in [3.8, 4) is 5.75 Å². The van der Waals surface area contributed by atoms with E-state index in [1.165, 1.54) is 0 Å². The molecule has 0 bridgehead atoms. The molecule has 28 heavy (non-hydrogen) atoms. The van der Waals surface area contributed by atoms with Gasteiger partial charge in [0, 0.05) is 11.4 Å². The van der Waals surface area contributed by atoms with E-state index in [1.807, 2.05) is 38.1 Å². The summed E-state index contributed by atoms with van der Waals surface area (Å²) in [5.41, 5.74) is 7.85. The monoisotopic (exact) mass is 380 g/mol. The zero-order valence-corrected chi connectivity index (χ0v) is 15.5. The number of nitrogen functional groups attached to an aromatic ring is 1. The summed E-state index contributed by atoms with van der Waals surface area (Å²) in [6, 6.07) is 14.6. The van der Waals surface area contributed by atoms with Crippen molar-refractivity contribution in [3.05, 3.63) is 64.2 Å². The topological polar surface area (TPSA) is 128 Å². The minimum atomic E-state index is -0.608. The lowest BCUT2D eigenvalue weighted by Gasteiger charge is -2.11. The van der Waals surface area contributed by atoms with Crippen LogP contribution in [-0.2, 0) is 0 Å². The highest BCUT2D eigenvalue weighted by atomic mass is 16.6. The van der Waals surface area contributed by atoms with Crippen LogP contribution in [0.15, 0.2) is 48.5 Å². The van der Waals surface area contributed by atoms with Crippen LogP contribution in [0.4, 0.5) is 34.6 Å². The number of benzene rings is 2. The molecule has 2 aromatic carbocycles. The van der Waals surface area contributed by atoms with Gasteiger partial charge in [0.25, 0.3) is 0 Å². The SMILES string of the molecule is CCOc1ccc(Nc2nc(Nc3cccc(C)c3)nc(N)c2[N+](=O)[O-])cc1. The van der Waals surface area contributed by atoms with E-state index in [0.29, 0.717) is 18.0 Å². The lowest BCUT2D eigenvalue weighted by molar-refractivity contribution is -0.383. The van der Waals surface area contributed by atoms with Crippen LogP contribution in [-0.4, -0.2) is 21.5 Å². The minimum Gasteiger partial charge on any atom is -0.494 e. The predicted octanol–water partition coefficient (Wildman–Crippen LogP) is 4.16. The summed E-state index contributed by atoms with van der Waals surface area (Å²) in [4.78, 5) is 19.1. The van der Waals surface area contributed by atoms with E-state index in [1.54, 1.807) is 24.3 Å². The van der Waals surface area contributed by atoms with Gasteiger partial charge in [-0.15, -0.1) is 0 Å². The van der Waals surface area contributed by atoms with Gasteiger partial charge in [0.15, 0.2) is 0 Å². The number of rotatable bonds is 7. The molecule has 0 spiro atoms. The quantitative estimate of drug-likeness (QED) is 0.412. The van der Waals surface area contributed by atoms with Crippen LogP contribution in [0.3, 0.4) is 0 Å². The van der Waals surface area contributed by atoms with Crippen molar-refractivity contribution < 1.29 is 9.66 Å². The van der Waals surface area contributed by atoms with E-state index < -0.39 is 4.92 Å². The van der Waals surface area contributed by atoms with E-state index in [-0.39, 0.29) is 23.3 Å². The molecule has 9 nitrogen and oxygen atoms in total. The van der Waals surface area contributed by atoms with Crippen LogP contribution in [0.5, 0.6) is 5.75 Å². The second-order valence-corrected chi connectivity index (χ2v) is 5.96. The molecule has 0 aliphatic carbocycles. The fourth-order valence-electron chi connectivity index (χ4n) is 2.59. The van der Waals surface area contributed by atoms with Crippen molar-refractivity contribution in [2.45, 2.75) is 13.8 Å². The molecule has 4 N–H and O–H groups in total. The Hall–Kier alpha value is -3.88. The Labute approximate surface area is 161 Å². The van der Waals surface area contributed by atoms with Crippen molar-refractivity contribution in [3.63, 3.8) is 0 Å². The van der Waals surface area contributed by atoms with Crippen LogP contribution in [0.2, 0.25) is 0 Å². The van der Waals surface area contributed by atoms with Gasteiger partial charge in [-0.1, -0.05) is 12.1 Å². The highest BCUT2D eigenvalue weighted by molar-refractivity contribution is 5.75. The van der Waals surface area contributed by atoms with Crippen molar-refractivity contribution >= 4 is 34.6 Å². The van der Waals surface area contributed by atoms with Crippen molar-refractivity contribution in [1.29, 1.82) is 0 Å². The molecule has 0 aliphatic rings. The number of aromatic nitrogens is 2. The molecule has 0 fully saturated rings. The van der Waals surface area contributed by atoms with Gasteiger partial charge in [-0.2, -0.15) is 9.97 Å². The Kier molecular flexibility index (Phi) is 5.54. The third-order valence-electron chi connectivity index (χ3n) is 3.80. The number of nitro groups is 1. The highest BCUT2D eigenvalue weighted by Gasteiger charge is 2.23. The number of ether oxygens (including phenoxy) is 1. The summed E-state index contributed by atoms with van der Waals surface area (Å²) in [6.45, 7) is 4.39. The van der Waals surface area contributed by atoms with Crippen molar-refractivity contribution in [1.82, 2.24) is 9.97 Å². The van der Waals surface area contributed by atoms with Gasteiger partial charge in [-0.25, -0.2) is 0 Å².